The lowest BCUT2D eigenvalue weighted by Gasteiger charge is -2.17. The average Bonchev–Trinajstić information content (AvgIpc) is 2.81. The van der Waals surface area contributed by atoms with Crippen LogP contribution in [0.1, 0.15) is 36.8 Å². The van der Waals surface area contributed by atoms with Crippen molar-refractivity contribution < 1.29 is 32.0 Å². The van der Waals surface area contributed by atoms with E-state index in [1.54, 1.807) is 24.3 Å². The molecule has 2 atom stereocenters. The fourth-order valence-corrected chi connectivity index (χ4v) is 3.90. The van der Waals surface area contributed by atoms with Crippen molar-refractivity contribution in [2.75, 3.05) is 0 Å². The van der Waals surface area contributed by atoms with Crippen LogP contribution in [-0.2, 0) is 27.3 Å². The fourth-order valence-electron chi connectivity index (χ4n) is 3.25. The molecule has 0 aliphatic carbocycles. The summed E-state index contributed by atoms with van der Waals surface area (Å²) >= 11 is -3.11. The van der Waals surface area contributed by atoms with E-state index in [1.165, 1.54) is 12.1 Å². The molecule has 174 valence electrons. The van der Waals surface area contributed by atoms with Crippen molar-refractivity contribution in [3.8, 4) is 11.5 Å². The largest absolute Gasteiger partial charge is 0.604 e. The molecule has 0 saturated carbocycles. The quantitative estimate of drug-likeness (QED) is 0.254. The molecule has 2 unspecified atom stereocenters. The monoisotopic (exact) mass is 476 g/mol. The van der Waals surface area contributed by atoms with Crippen LogP contribution in [0.4, 0.5) is 13.2 Å². The summed E-state index contributed by atoms with van der Waals surface area (Å²) in [5.41, 5.74) is -3.57. The van der Waals surface area contributed by atoms with Gasteiger partial charge in [-0.05, 0) is 53.9 Å². The van der Waals surface area contributed by atoms with E-state index in [9.17, 15) is 22.5 Å². The lowest BCUT2D eigenvalue weighted by molar-refractivity contribution is -0.147. The molecular weight excluding hydrogens is 453 g/mol. The molecule has 8 heteroatoms. The predicted octanol–water partition coefficient (Wildman–Crippen LogP) is 6.73. The van der Waals surface area contributed by atoms with E-state index in [2.05, 4.69) is 0 Å². The highest BCUT2D eigenvalue weighted by atomic mass is 32.2. The average molecular weight is 477 g/mol. The van der Waals surface area contributed by atoms with Crippen LogP contribution in [0, 0.1) is 0 Å². The van der Waals surface area contributed by atoms with Gasteiger partial charge in [-0.15, -0.1) is 13.2 Å². The van der Waals surface area contributed by atoms with Crippen LogP contribution in [0.25, 0.3) is 0 Å². The van der Waals surface area contributed by atoms with Crippen molar-refractivity contribution in [3.05, 3.63) is 90.0 Å². The maximum Gasteiger partial charge on any atom is 0.578 e. The zero-order chi connectivity index (χ0) is 23.8. The summed E-state index contributed by atoms with van der Waals surface area (Å²) in [5.74, 6) is 0.181. The van der Waals surface area contributed by atoms with Crippen LogP contribution in [0.5, 0.6) is 11.5 Å². The van der Waals surface area contributed by atoms with Gasteiger partial charge >= 0.3 is 11.5 Å². The SMILES string of the molecule is CCCC(C(=O)OCc1cccc(Oc2ccccc2)c1)c1ccc([S+]([O-])C(F)(F)F)cc1. The molecule has 0 N–H and O–H groups in total. The van der Waals surface area contributed by atoms with Gasteiger partial charge in [0.1, 0.15) is 18.1 Å². The van der Waals surface area contributed by atoms with Gasteiger partial charge in [-0.1, -0.05) is 55.8 Å². The molecule has 0 heterocycles. The van der Waals surface area contributed by atoms with Gasteiger partial charge in [-0.2, -0.15) is 0 Å². The molecule has 0 spiro atoms. The van der Waals surface area contributed by atoms with Gasteiger partial charge < -0.3 is 14.0 Å². The van der Waals surface area contributed by atoms with E-state index in [1.807, 2.05) is 37.3 Å². The summed E-state index contributed by atoms with van der Waals surface area (Å²) in [6.07, 6.45) is 1.15. The topological polar surface area (TPSA) is 58.6 Å². The van der Waals surface area contributed by atoms with Crippen molar-refractivity contribution in [1.29, 1.82) is 0 Å². The van der Waals surface area contributed by atoms with Gasteiger partial charge in [0.2, 0.25) is 0 Å². The number of hydrogen-bond donors (Lipinski definition) is 0. The van der Waals surface area contributed by atoms with E-state index in [4.69, 9.17) is 9.47 Å². The first-order chi connectivity index (χ1) is 15.8. The third-order valence-corrected chi connectivity index (χ3v) is 5.95. The Kier molecular flexibility index (Phi) is 8.41. The van der Waals surface area contributed by atoms with Crippen molar-refractivity contribution in [2.24, 2.45) is 0 Å². The molecule has 3 aromatic rings. The smallest absolute Gasteiger partial charge is 0.578 e. The minimum Gasteiger partial charge on any atom is -0.604 e. The van der Waals surface area contributed by atoms with Crippen LogP contribution in [0.3, 0.4) is 0 Å². The Morgan fingerprint density at radius 1 is 0.970 bits per heavy atom. The highest BCUT2D eigenvalue weighted by molar-refractivity contribution is 7.92. The standard InChI is InChI=1S/C25H23F3O4S/c1-2-7-23(19-12-14-22(15-13-19)33(30)25(26,27)28)24(29)31-17-18-8-6-11-21(16-18)32-20-9-4-3-5-10-20/h3-6,8-16,23H,2,7,17H2,1H3. The molecular formula is C25H23F3O4S. The molecule has 3 aromatic carbocycles. The maximum atomic E-state index is 12.8. The second-order valence-corrected chi connectivity index (χ2v) is 8.77. The van der Waals surface area contributed by atoms with Crippen molar-refractivity contribution in [1.82, 2.24) is 0 Å². The van der Waals surface area contributed by atoms with Gasteiger partial charge in [0, 0.05) is 0 Å². The van der Waals surface area contributed by atoms with Gasteiger partial charge in [0.05, 0.1) is 17.1 Å². The van der Waals surface area contributed by atoms with E-state index in [-0.39, 0.29) is 11.5 Å². The summed E-state index contributed by atoms with van der Waals surface area (Å²) < 4.78 is 60.8. The lowest BCUT2D eigenvalue weighted by Crippen LogP contribution is -2.23. The lowest BCUT2D eigenvalue weighted by atomic mass is 9.95. The minimum atomic E-state index is -4.83. The molecule has 3 rings (SSSR count). The molecule has 0 bridgehead atoms. The van der Waals surface area contributed by atoms with Gasteiger partial charge in [-0.3, -0.25) is 4.79 Å². The predicted molar refractivity (Wildman–Crippen MR) is 119 cm³/mol. The fraction of sp³-hybridized carbons (Fsp3) is 0.240. The number of halogens is 3. The first kappa shape index (κ1) is 24.7. The van der Waals surface area contributed by atoms with Crippen molar-refractivity contribution in [3.63, 3.8) is 0 Å². The molecule has 33 heavy (non-hydrogen) atoms. The molecule has 0 fully saturated rings. The Labute approximate surface area is 193 Å². The second-order valence-electron chi connectivity index (χ2n) is 7.29. The minimum absolute atomic E-state index is 0.0290. The van der Waals surface area contributed by atoms with Gasteiger partial charge in [0.25, 0.3) is 0 Å². The van der Waals surface area contributed by atoms with E-state index >= 15 is 0 Å². The van der Waals surface area contributed by atoms with E-state index in [0.29, 0.717) is 29.9 Å². The second kappa shape index (κ2) is 11.2. The Morgan fingerprint density at radius 2 is 1.64 bits per heavy atom. The Hall–Kier alpha value is -2.97. The molecule has 0 aromatic heterocycles. The number of carbonyl (C=O) groups is 1. The highest BCUT2D eigenvalue weighted by Crippen LogP contribution is 2.32. The summed E-state index contributed by atoms with van der Waals surface area (Å²) in [6, 6.07) is 21.5. The molecule has 0 saturated heterocycles. The summed E-state index contributed by atoms with van der Waals surface area (Å²) in [7, 11) is 0. The normalized spacial score (nSPS) is 13.2. The number of carbonyl (C=O) groups excluding carboxylic acids is 1. The third-order valence-electron chi connectivity index (χ3n) is 4.83. The van der Waals surface area contributed by atoms with Crippen LogP contribution in [0.2, 0.25) is 0 Å². The van der Waals surface area contributed by atoms with Crippen molar-refractivity contribution >= 4 is 17.1 Å². The zero-order valence-corrected chi connectivity index (χ0v) is 18.7. The third kappa shape index (κ3) is 7.00. The van der Waals surface area contributed by atoms with Crippen LogP contribution >= 0.6 is 0 Å². The van der Waals surface area contributed by atoms with Gasteiger partial charge in [0.15, 0.2) is 4.90 Å². The van der Waals surface area contributed by atoms with Crippen molar-refractivity contribution in [2.45, 2.75) is 42.7 Å². The number of rotatable bonds is 9. The molecule has 0 aliphatic rings. The summed E-state index contributed by atoms with van der Waals surface area (Å²) in [6.45, 7) is 1.93. The van der Waals surface area contributed by atoms with Crippen LogP contribution in [0.15, 0.2) is 83.8 Å². The Bertz CT molecular complexity index is 1040. The first-order valence-electron chi connectivity index (χ1n) is 10.3. The Balaban J connectivity index is 1.65. The molecule has 0 aliphatic heterocycles. The summed E-state index contributed by atoms with van der Waals surface area (Å²) in [5, 5.41) is 0. The first-order valence-corrected chi connectivity index (χ1v) is 11.5. The van der Waals surface area contributed by atoms with Crippen LogP contribution < -0.4 is 4.74 Å². The Morgan fingerprint density at radius 3 is 2.27 bits per heavy atom. The number of alkyl halides is 3. The highest BCUT2D eigenvalue weighted by Gasteiger charge is 2.46. The molecule has 4 nitrogen and oxygen atoms in total. The van der Waals surface area contributed by atoms with Gasteiger partial charge in [-0.25, -0.2) is 0 Å². The number of para-hydroxylation sites is 1. The molecule has 0 radical (unpaired) electrons. The molecule has 0 amide bonds. The number of ether oxygens (including phenoxy) is 2. The van der Waals surface area contributed by atoms with Crippen LogP contribution in [-0.4, -0.2) is 16.0 Å². The number of benzene rings is 3. The number of hydrogen-bond acceptors (Lipinski definition) is 4. The summed E-state index contributed by atoms with van der Waals surface area (Å²) in [4.78, 5) is 12.4. The van der Waals surface area contributed by atoms with E-state index in [0.717, 1.165) is 17.7 Å². The maximum absolute atomic E-state index is 12.8. The number of esters is 1. The van der Waals surface area contributed by atoms with E-state index < -0.39 is 28.6 Å². The zero-order valence-electron chi connectivity index (χ0n) is 17.9.